The van der Waals surface area contributed by atoms with Gasteiger partial charge in [-0.25, -0.2) is 4.79 Å². The van der Waals surface area contributed by atoms with Gasteiger partial charge in [0.2, 0.25) is 5.91 Å². The van der Waals surface area contributed by atoms with Crippen LogP contribution in [-0.4, -0.2) is 58.1 Å². The molecule has 2 amide bonds. The SMILES string of the molecule is C[C@H](NC(=O)c1ccc(O)c(O)c1)C(=O)N1CCC[C@H]1C(=O)OCCC1CCC2(C)C1C2(C)C. The van der Waals surface area contributed by atoms with Crippen molar-refractivity contribution in [1.29, 1.82) is 0 Å². The molecule has 8 nitrogen and oxygen atoms in total. The van der Waals surface area contributed by atoms with Crippen LogP contribution < -0.4 is 5.32 Å². The summed E-state index contributed by atoms with van der Waals surface area (Å²) in [6.07, 6.45) is 4.54. The first-order valence-corrected chi connectivity index (χ1v) is 12.3. The molecule has 186 valence electrons. The summed E-state index contributed by atoms with van der Waals surface area (Å²) in [5.74, 6) is -0.734. The Labute approximate surface area is 200 Å². The number of likely N-dealkylation sites (tertiary alicyclic amines) is 1. The van der Waals surface area contributed by atoms with E-state index >= 15 is 0 Å². The van der Waals surface area contributed by atoms with Gasteiger partial charge < -0.3 is 25.2 Å². The van der Waals surface area contributed by atoms with Crippen LogP contribution in [0.4, 0.5) is 0 Å². The van der Waals surface area contributed by atoms with Crippen LogP contribution in [0.15, 0.2) is 18.2 Å². The topological polar surface area (TPSA) is 116 Å². The van der Waals surface area contributed by atoms with E-state index in [2.05, 4.69) is 26.1 Å². The third-order valence-corrected chi connectivity index (χ3v) is 8.85. The van der Waals surface area contributed by atoms with E-state index in [1.54, 1.807) is 6.92 Å². The number of phenols is 2. The number of esters is 1. The Balaban J connectivity index is 1.28. The highest BCUT2D eigenvalue weighted by Crippen LogP contribution is 2.78. The van der Waals surface area contributed by atoms with Crippen molar-refractivity contribution in [2.75, 3.05) is 13.2 Å². The van der Waals surface area contributed by atoms with Crippen LogP contribution in [0.5, 0.6) is 11.5 Å². The quantitative estimate of drug-likeness (QED) is 0.415. The monoisotopic (exact) mass is 472 g/mol. The predicted octanol–water partition coefficient (Wildman–Crippen LogP) is 3.21. The van der Waals surface area contributed by atoms with E-state index in [1.807, 2.05) is 0 Å². The van der Waals surface area contributed by atoms with Crippen LogP contribution in [0.25, 0.3) is 0 Å². The Kier molecular flexibility index (Phi) is 6.29. The highest BCUT2D eigenvalue weighted by Gasteiger charge is 2.72. The fraction of sp³-hybridized carbons (Fsp3) is 0.654. The summed E-state index contributed by atoms with van der Waals surface area (Å²) >= 11 is 0. The molecule has 0 spiro atoms. The van der Waals surface area contributed by atoms with Gasteiger partial charge in [0.1, 0.15) is 12.1 Å². The molecule has 0 aromatic heterocycles. The zero-order valence-corrected chi connectivity index (χ0v) is 20.5. The molecule has 1 heterocycles. The molecule has 1 aliphatic heterocycles. The van der Waals surface area contributed by atoms with E-state index in [-0.39, 0.29) is 23.2 Å². The zero-order chi connectivity index (χ0) is 24.8. The predicted molar refractivity (Wildman–Crippen MR) is 125 cm³/mol. The summed E-state index contributed by atoms with van der Waals surface area (Å²) in [5, 5.41) is 21.6. The summed E-state index contributed by atoms with van der Waals surface area (Å²) in [7, 11) is 0. The molecule has 8 heteroatoms. The van der Waals surface area contributed by atoms with Crippen LogP contribution in [0.2, 0.25) is 0 Å². The molecule has 0 radical (unpaired) electrons. The molecule has 0 bridgehead atoms. The van der Waals surface area contributed by atoms with Crippen molar-refractivity contribution in [1.82, 2.24) is 10.2 Å². The lowest BCUT2D eigenvalue weighted by Crippen LogP contribution is -2.50. The van der Waals surface area contributed by atoms with Gasteiger partial charge in [-0.05, 0) is 79.9 Å². The molecule has 1 aromatic rings. The van der Waals surface area contributed by atoms with Gasteiger partial charge in [-0.2, -0.15) is 0 Å². The standard InChI is InChI=1S/C26H36N2O6/c1-15(27-22(31)17-7-8-19(29)20(30)14-17)23(32)28-12-5-6-18(28)24(33)34-13-10-16-9-11-26(4)21(16)25(26,2)3/h7-8,14-16,18,21,29-30H,5-6,9-13H2,1-4H3,(H,27,31)/t15-,16?,18-,21?,26?/m0/s1. The largest absolute Gasteiger partial charge is 0.504 e. The number of fused-ring (bicyclic) bond motifs is 1. The van der Waals surface area contributed by atoms with Gasteiger partial charge in [0.15, 0.2) is 11.5 Å². The molecule has 3 fully saturated rings. The summed E-state index contributed by atoms with van der Waals surface area (Å²) in [6.45, 7) is 9.42. The number of phenolic OH excluding ortho intramolecular Hbond substituents is 2. The molecule has 3 N–H and O–H groups in total. The number of nitrogens with one attached hydrogen (secondary N) is 1. The molecule has 2 aliphatic carbocycles. The second kappa shape index (κ2) is 8.78. The Morgan fingerprint density at radius 2 is 1.91 bits per heavy atom. The first kappa shape index (κ1) is 24.4. The Hall–Kier alpha value is -2.77. The smallest absolute Gasteiger partial charge is 0.328 e. The van der Waals surface area contributed by atoms with E-state index in [0.29, 0.717) is 48.7 Å². The molecule has 34 heavy (non-hydrogen) atoms. The number of hydrogen-bond donors (Lipinski definition) is 3. The van der Waals surface area contributed by atoms with Gasteiger partial charge in [-0.3, -0.25) is 9.59 Å². The molecule has 4 rings (SSSR count). The van der Waals surface area contributed by atoms with E-state index < -0.39 is 23.7 Å². The molecular formula is C26H36N2O6. The van der Waals surface area contributed by atoms with Crippen molar-refractivity contribution in [2.24, 2.45) is 22.7 Å². The molecule has 1 aromatic carbocycles. The van der Waals surface area contributed by atoms with Crippen LogP contribution in [0, 0.1) is 22.7 Å². The number of aromatic hydroxyl groups is 2. The molecular weight excluding hydrogens is 436 g/mol. The van der Waals surface area contributed by atoms with Crippen molar-refractivity contribution < 1.29 is 29.3 Å². The fourth-order valence-corrected chi connectivity index (χ4v) is 6.61. The first-order chi connectivity index (χ1) is 16.0. The van der Waals surface area contributed by atoms with E-state index in [0.717, 1.165) is 12.5 Å². The van der Waals surface area contributed by atoms with E-state index in [9.17, 15) is 24.6 Å². The van der Waals surface area contributed by atoms with Crippen LogP contribution >= 0.6 is 0 Å². The average molecular weight is 473 g/mol. The second-order valence-electron chi connectivity index (χ2n) is 11.0. The van der Waals surface area contributed by atoms with Crippen molar-refractivity contribution in [3.8, 4) is 11.5 Å². The lowest BCUT2D eigenvalue weighted by Gasteiger charge is -2.27. The second-order valence-corrected chi connectivity index (χ2v) is 11.0. The minimum Gasteiger partial charge on any atom is -0.504 e. The molecule has 5 atom stereocenters. The maximum Gasteiger partial charge on any atom is 0.328 e. The van der Waals surface area contributed by atoms with E-state index in [1.165, 1.54) is 29.9 Å². The summed E-state index contributed by atoms with van der Waals surface area (Å²) < 4.78 is 5.62. The summed E-state index contributed by atoms with van der Waals surface area (Å²) in [4.78, 5) is 39.7. The van der Waals surface area contributed by atoms with E-state index in [4.69, 9.17) is 4.74 Å². The van der Waals surface area contributed by atoms with Crippen molar-refractivity contribution in [3.05, 3.63) is 23.8 Å². The van der Waals surface area contributed by atoms with Gasteiger partial charge in [0.05, 0.1) is 6.61 Å². The van der Waals surface area contributed by atoms with Crippen molar-refractivity contribution >= 4 is 17.8 Å². The van der Waals surface area contributed by atoms with Crippen LogP contribution in [0.3, 0.4) is 0 Å². The highest BCUT2D eigenvalue weighted by molar-refractivity contribution is 5.98. The summed E-state index contributed by atoms with van der Waals surface area (Å²) in [5.41, 5.74) is 0.915. The third-order valence-electron chi connectivity index (χ3n) is 8.85. The van der Waals surface area contributed by atoms with Crippen LogP contribution in [-0.2, 0) is 14.3 Å². The number of carbonyl (C=O) groups is 3. The minimum absolute atomic E-state index is 0.120. The molecule has 3 unspecified atom stereocenters. The van der Waals surface area contributed by atoms with Crippen molar-refractivity contribution in [2.45, 2.75) is 71.9 Å². The van der Waals surface area contributed by atoms with Gasteiger partial charge in [-0.1, -0.05) is 20.8 Å². The lowest BCUT2D eigenvalue weighted by atomic mass is 9.88. The number of nitrogens with zero attached hydrogens (tertiary/aromatic N) is 1. The number of hydrogen-bond acceptors (Lipinski definition) is 6. The van der Waals surface area contributed by atoms with Gasteiger partial charge in [-0.15, -0.1) is 0 Å². The zero-order valence-electron chi connectivity index (χ0n) is 20.5. The normalized spacial score (nSPS) is 29.9. The summed E-state index contributed by atoms with van der Waals surface area (Å²) in [6, 6.07) is 2.21. The van der Waals surface area contributed by atoms with Crippen LogP contribution in [0.1, 0.15) is 70.2 Å². The molecule has 2 saturated carbocycles. The highest BCUT2D eigenvalue weighted by atomic mass is 16.5. The number of carbonyl (C=O) groups excluding carboxylic acids is 3. The Morgan fingerprint density at radius 3 is 2.56 bits per heavy atom. The minimum atomic E-state index is -0.856. The third kappa shape index (κ3) is 4.12. The number of benzene rings is 1. The number of ether oxygens (including phenoxy) is 1. The van der Waals surface area contributed by atoms with Crippen molar-refractivity contribution in [3.63, 3.8) is 0 Å². The first-order valence-electron chi connectivity index (χ1n) is 12.3. The number of amides is 2. The van der Waals surface area contributed by atoms with Gasteiger partial charge in [0, 0.05) is 12.1 Å². The maximum atomic E-state index is 13.0. The Morgan fingerprint density at radius 1 is 1.18 bits per heavy atom. The van der Waals surface area contributed by atoms with Gasteiger partial charge in [0.25, 0.3) is 5.91 Å². The van der Waals surface area contributed by atoms with Gasteiger partial charge >= 0.3 is 5.97 Å². The molecule has 1 saturated heterocycles. The number of rotatable bonds is 7. The average Bonchev–Trinajstić information content (AvgIpc) is 3.21. The lowest BCUT2D eigenvalue weighted by molar-refractivity contribution is -0.154. The Bertz CT molecular complexity index is 992. The molecule has 3 aliphatic rings. The maximum absolute atomic E-state index is 13.0. The fourth-order valence-electron chi connectivity index (χ4n) is 6.61.